The van der Waals surface area contributed by atoms with E-state index in [0.717, 1.165) is 0 Å². The van der Waals surface area contributed by atoms with Crippen molar-refractivity contribution in [1.82, 2.24) is 5.32 Å². The Morgan fingerprint density at radius 1 is 1.24 bits per heavy atom. The predicted molar refractivity (Wildman–Crippen MR) is 76.0 cm³/mol. The molecule has 6 nitrogen and oxygen atoms in total. The SMILES string of the molecule is CCOC(=O)C(=CNC1=CC(=O)CC(C)C1)C(=O)OCC. The molecule has 0 bridgehead atoms. The minimum atomic E-state index is -0.751. The van der Waals surface area contributed by atoms with Gasteiger partial charge in [-0.25, -0.2) is 9.59 Å². The number of nitrogens with one attached hydrogen (secondary N) is 1. The van der Waals surface area contributed by atoms with Crippen LogP contribution in [0.1, 0.15) is 33.6 Å². The fourth-order valence-electron chi connectivity index (χ4n) is 1.99. The van der Waals surface area contributed by atoms with Crippen molar-refractivity contribution in [3.8, 4) is 0 Å². The molecule has 0 fully saturated rings. The van der Waals surface area contributed by atoms with Gasteiger partial charge in [-0.3, -0.25) is 4.79 Å². The lowest BCUT2D eigenvalue weighted by molar-refractivity contribution is -0.146. The van der Waals surface area contributed by atoms with Gasteiger partial charge in [0.2, 0.25) is 0 Å². The van der Waals surface area contributed by atoms with Gasteiger partial charge in [-0.2, -0.15) is 0 Å². The third-order valence-electron chi connectivity index (χ3n) is 2.85. The molecule has 1 N–H and O–H groups in total. The number of hydrogen-bond donors (Lipinski definition) is 1. The Morgan fingerprint density at radius 2 is 1.81 bits per heavy atom. The summed E-state index contributed by atoms with van der Waals surface area (Å²) >= 11 is 0. The highest BCUT2D eigenvalue weighted by Crippen LogP contribution is 2.19. The van der Waals surface area contributed by atoms with E-state index in [4.69, 9.17) is 9.47 Å². The Morgan fingerprint density at radius 3 is 2.29 bits per heavy atom. The molecule has 1 atom stereocenters. The van der Waals surface area contributed by atoms with Gasteiger partial charge in [0.25, 0.3) is 0 Å². The van der Waals surface area contributed by atoms with Crippen LogP contribution in [0.25, 0.3) is 0 Å². The van der Waals surface area contributed by atoms with Gasteiger partial charge >= 0.3 is 11.9 Å². The van der Waals surface area contributed by atoms with E-state index in [1.807, 2.05) is 6.92 Å². The van der Waals surface area contributed by atoms with E-state index in [2.05, 4.69) is 5.32 Å². The average Bonchev–Trinajstić information content (AvgIpc) is 2.38. The maximum Gasteiger partial charge on any atom is 0.347 e. The quantitative estimate of drug-likeness (QED) is 0.346. The van der Waals surface area contributed by atoms with Gasteiger partial charge in [-0.05, 0) is 26.2 Å². The van der Waals surface area contributed by atoms with Gasteiger partial charge in [0.15, 0.2) is 11.4 Å². The summed E-state index contributed by atoms with van der Waals surface area (Å²) in [6, 6.07) is 0. The topological polar surface area (TPSA) is 81.7 Å². The lowest BCUT2D eigenvalue weighted by Gasteiger charge is -2.18. The Labute approximate surface area is 124 Å². The molecule has 0 amide bonds. The van der Waals surface area contributed by atoms with Gasteiger partial charge in [0.05, 0.1) is 13.2 Å². The van der Waals surface area contributed by atoms with E-state index in [9.17, 15) is 14.4 Å². The largest absolute Gasteiger partial charge is 0.462 e. The van der Waals surface area contributed by atoms with Crippen molar-refractivity contribution in [2.45, 2.75) is 33.6 Å². The number of ketones is 1. The molecule has 1 rings (SSSR count). The van der Waals surface area contributed by atoms with E-state index in [1.165, 1.54) is 12.3 Å². The molecule has 1 aliphatic carbocycles. The molecule has 6 heteroatoms. The lowest BCUT2D eigenvalue weighted by atomic mass is 9.93. The molecule has 0 spiro atoms. The number of carbonyl (C=O) groups excluding carboxylic acids is 3. The molecule has 0 aromatic rings. The van der Waals surface area contributed by atoms with Crippen LogP contribution in [0.2, 0.25) is 0 Å². The first kappa shape index (κ1) is 16.9. The van der Waals surface area contributed by atoms with Crippen LogP contribution in [0.5, 0.6) is 0 Å². The van der Waals surface area contributed by atoms with Crippen LogP contribution in [0, 0.1) is 5.92 Å². The molecule has 0 saturated carbocycles. The highest BCUT2D eigenvalue weighted by atomic mass is 16.6. The first-order valence-corrected chi connectivity index (χ1v) is 7.02. The van der Waals surface area contributed by atoms with Crippen LogP contribution in [-0.4, -0.2) is 30.9 Å². The molecular weight excluding hydrogens is 274 g/mol. The maximum atomic E-state index is 11.7. The zero-order valence-corrected chi connectivity index (χ0v) is 12.6. The summed E-state index contributed by atoms with van der Waals surface area (Å²) in [5.41, 5.74) is 0.454. The predicted octanol–water partition coefficient (Wildman–Crippen LogP) is 1.47. The second-order valence-corrected chi connectivity index (χ2v) is 4.79. The van der Waals surface area contributed by atoms with Crippen molar-refractivity contribution in [3.63, 3.8) is 0 Å². The smallest absolute Gasteiger partial charge is 0.347 e. The third kappa shape index (κ3) is 5.41. The van der Waals surface area contributed by atoms with E-state index < -0.39 is 11.9 Å². The zero-order chi connectivity index (χ0) is 15.8. The molecule has 0 aliphatic heterocycles. The van der Waals surface area contributed by atoms with Crippen LogP contribution in [0.3, 0.4) is 0 Å². The monoisotopic (exact) mass is 295 g/mol. The molecular formula is C15H21NO5. The Bertz CT molecular complexity index is 458. The maximum absolute atomic E-state index is 11.7. The van der Waals surface area contributed by atoms with Crippen molar-refractivity contribution < 1.29 is 23.9 Å². The lowest BCUT2D eigenvalue weighted by Crippen LogP contribution is -2.23. The number of carbonyl (C=O) groups is 3. The summed E-state index contributed by atoms with van der Waals surface area (Å²) in [5, 5.41) is 2.84. The average molecular weight is 295 g/mol. The van der Waals surface area contributed by atoms with Gasteiger partial charge in [0, 0.05) is 24.4 Å². The van der Waals surface area contributed by atoms with Gasteiger partial charge in [-0.1, -0.05) is 6.92 Å². The summed E-state index contributed by atoms with van der Waals surface area (Å²) in [6.07, 6.45) is 3.93. The van der Waals surface area contributed by atoms with Crippen LogP contribution in [0.4, 0.5) is 0 Å². The highest BCUT2D eigenvalue weighted by Gasteiger charge is 2.22. The number of ether oxygens (including phenoxy) is 2. The standard InChI is InChI=1S/C15H21NO5/c1-4-20-14(18)13(15(19)21-5-2)9-16-11-6-10(3)7-12(17)8-11/h8-10,16H,4-7H2,1-3H3. The summed E-state index contributed by atoms with van der Waals surface area (Å²) < 4.78 is 9.64. The third-order valence-corrected chi connectivity index (χ3v) is 2.85. The molecule has 0 radical (unpaired) electrons. The second-order valence-electron chi connectivity index (χ2n) is 4.79. The van der Waals surface area contributed by atoms with Crippen LogP contribution >= 0.6 is 0 Å². The number of allylic oxidation sites excluding steroid dienone is 2. The van der Waals surface area contributed by atoms with Crippen molar-refractivity contribution in [1.29, 1.82) is 0 Å². The molecule has 116 valence electrons. The Hall–Kier alpha value is -2.11. The van der Waals surface area contributed by atoms with Gasteiger partial charge < -0.3 is 14.8 Å². The number of rotatable bonds is 6. The molecule has 0 saturated heterocycles. The summed E-state index contributed by atoms with van der Waals surface area (Å²) in [7, 11) is 0. The molecule has 0 aromatic carbocycles. The normalized spacial score (nSPS) is 17.6. The van der Waals surface area contributed by atoms with E-state index in [1.54, 1.807) is 13.8 Å². The van der Waals surface area contributed by atoms with Crippen LogP contribution in [0.15, 0.2) is 23.5 Å². The fourth-order valence-corrected chi connectivity index (χ4v) is 1.99. The minimum absolute atomic E-state index is 0.0264. The van der Waals surface area contributed by atoms with Crippen molar-refractivity contribution in [2.75, 3.05) is 13.2 Å². The van der Waals surface area contributed by atoms with Crippen LogP contribution < -0.4 is 5.32 Å². The number of hydrogen-bond acceptors (Lipinski definition) is 6. The second kappa shape index (κ2) is 8.24. The van der Waals surface area contributed by atoms with Crippen LogP contribution in [-0.2, 0) is 23.9 Å². The Kier molecular flexibility index (Phi) is 6.65. The van der Waals surface area contributed by atoms with Crippen molar-refractivity contribution in [3.05, 3.63) is 23.5 Å². The molecule has 21 heavy (non-hydrogen) atoms. The minimum Gasteiger partial charge on any atom is -0.462 e. The zero-order valence-electron chi connectivity index (χ0n) is 12.6. The molecule has 1 aliphatic rings. The molecule has 1 unspecified atom stereocenters. The summed E-state index contributed by atoms with van der Waals surface area (Å²) in [4.78, 5) is 35.0. The molecule has 0 heterocycles. The molecule has 0 aromatic heterocycles. The van der Waals surface area contributed by atoms with Crippen molar-refractivity contribution in [2.24, 2.45) is 5.92 Å². The van der Waals surface area contributed by atoms with E-state index in [0.29, 0.717) is 18.5 Å². The highest BCUT2D eigenvalue weighted by molar-refractivity contribution is 6.14. The summed E-state index contributed by atoms with van der Waals surface area (Å²) in [6.45, 7) is 5.59. The fraction of sp³-hybridized carbons (Fsp3) is 0.533. The van der Waals surface area contributed by atoms with Crippen molar-refractivity contribution >= 4 is 17.7 Å². The Balaban J connectivity index is 2.85. The number of esters is 2. The summed E-state index contributed by atoms with van der Waals surface area (Å²) in [5.74, 6) is -1.25. The van der Waals surface area contributed by atoms with E-state index >= 15 is 0 Å². The first-order valence-electron chi connectivity index (χ1n) is 7.02. The van der Waals surface area contributed by atoms with E-state index in [-0.39, 0.29) is 30.5 Å². The first-order chi connectivity index (χ1) is 9.97. The van der Waals surface area contributed by atoms with Gasteiger partial charge in [-0.15, -0.1) is 0 Å². The van der Waals surface area contributed by atoms with Gasteiger partial charge in [0.1, 0.15) is 0 Å².